The van der Waals surface area contributed by atoms with Crippen molar-refractivity contribution in [3.05, 3.63) is 54.8 Å². The lowest BCUT2D eigenvalue weighted by molar-refractivity contribution is 0.102. The van der Waals surface area contributed by atoms with Crippen molar-refractivity contribution in [3.63, 3.8) is 0 Å². The molecule has 2 aromatic rings. The van der Waals surface area contributed by atoms with Gasteiger partial charge >= 0.3 is 0 Å². The topological polar surface area (TPSA) is 42.0 Å². The molecule has 0 spiro atoms. The Kier molecular flexibility index (Phi) is 4.89. The maximum Gasteiger partial charge on any atom is 0.275 e. The Balaban J connectivity index is 2.31. The molecular weight excluding hydrogens is 421 g/mol. The second-order valence-electron chi connectivity index (χ2n) is 3.52. The Morgan fingerprint density at radius 3 is 2.53 bits per heavy atom. The van der Waals surface area contributed by atoms with E-state index in [1.54, 1.807) is 6.07 Å². The van der Waals surface area contributed by atoms with Gasteiger partial charge in [-0.3, -0.25) is 4.79 Å². The van der Waals surface area contributed by atoms with Crippen molar-refractivity contribution < 1.29 is 4.79 Å². The third-order valence-corrected chi connectivity index (χ3v) is 4.44. The molecule has 0 saturated heterocycles. The number of hydrogen-bond acceptors (Lipinski definition) is 2. The highest BCUT2D eigenvalue weighted by Gasteiger charge is 2.17. The lowest BCUT2D eigenvalue weighted by Crippen LogP contribution is -2.15. The summed E-state index contributed by atoms with van der Waals surface area (Å²) in [6.07, 6.45) is 1.29. The Morgan fingerprint density at radius 1 is 1.16 bits per heavy atom. The van der Waals surface area contributed by atoms with Crippen molar-refractivity contribution in [2.75, 3.05) is 5.32 Å². The molecule has 0 unspecified atom stereocenters. The van der Waals surface area contributed by atoms with Crippen LogP contribution >= 0.6 is 57.4 Å². The van der Waals surface area contributed by atoms with E-state index in [9.17, 15) is 4.79 Å². The fourth-order valence-electron chi connectivity index (χ4n) is 1.35. The smallest absolute Gasteiger partial charge is 0.275 e. The molecule has 3 nitrogen and oxygen atoms in total. The fourth-order valence-corrected chi connectivity index (χ4v) is 2.43. The number of benzene rings is 1. The Labute approximate surface area is 138 Å². The number of aromatic nitrogens is 1. The first-order chi connectivity index (χ1) is 9.00. The first-order valence-corrected chi connectivity index (χ1v) is 7.27. The summed E-state index contributed by atoms with van der Waals surface area (Å²) in [4.78, 5) is 16.0. The van der Waals surface area contributed by atoms with Crippen molar-refractivity contribution in [1.29, 1.82) is 0 Å². The molecule has 1 amide bonds. The zero-order chi connectivity index (χ0) is 14.0. The Morgan fingerprint density at radius 2 is 1.84 bits per heavy atom. The van der Waals surface area contributed by atoms with Crippen LogP contribution in [0, 0.1) is 3.57 Å². The number of amides is 1. The SMILES string of the molecule is O=C(Nc1ccccc1I)c1ncc(Cl)c(Cl)c1Cl. The lowest BCUT2D eigenvalue weighted by Gasteiger charge is -2.08. The van der Waals surface area contributed by atoms with E-state index in [2.05, 4.69) is 32.9 Å². The molecule has 2 rings (SSSR count). The molecule has 19 heavy (non-hydrogen) atoms. The van der Waals surface area contributed by atoms with Gasteiger partial charge in [-0.2, -0.15) is 0 Å². The molecule has 1 N–H and O–H groups in total. The van der Waals surface area contributed by atoms with Gasteiger partial charge in [0, 0.05) is 9.77 Å². The van der Waals surface area contributed by atoms with Gasteiger partial charge in [-0.25, -0.2) is 4.98 Å². The quantitative estimate of drug-likeness (QED) is 0.693. The van der Waals surface area contributed by atoms with Crippen molar-refractivity contribution >= 4 is 69.0 Å². The van der Waals surface area contributed by atoms with E-state index in [0.717, 1.165) is 3.57 Å². The molecule has 0 atom stereocenters. The molecule has 0 aliphatic rings. The highest BCUT2D eigenvalue weighted by molar-refractivity contribution is 14.1. The third kappa shape index (κ3) is 3.31. The molecule has 98 valence electrons. The van der Waals surface area contributed by atoms with Crippen molar-refractivity contribution in [3.8, 4) is 0 Å². The molecule has 0 fully saturated rings. The van der Waals surface area contributed by atoms with Crippen LogP contribution < -0.4 is 5.32 Å². The summed E-state index contributed by atoms with van der Waals surface area (Å²) >= 11 is 19.7. The molecule has 0 radical (unpaired) electrons. The van der Waals surface area contributed by atoms with Crippen LogP contribution in [-0.4, -0.2) is 10.9 Å². The summed E-state index contributed by atoms with van der Waals surface area (Å²) in [5.74, 6) is -0.437. The van der Waals surface area contributed by atoms with Crippen LogP contribution in [-0.2, 0) is 0 Å². The van der Waals surface area contributed by atoms with Gasteiger partial charge in [0.25, 0.3) is 5.91 Å². The minimum atomic E-state index is -0.437. The molecule has 0 aliphatic heterocycles. The van der Waals surface area contributed by atoms with Gasteiger partial charge in [-0.1, -0.05) is 46.9 Å². The molecule has 1 aromatic carbocycles. The largest absolute Gasteiger partial charge is 0.320 e. The number of hydrogen-bond donors (Lipinski definition) is 1. The van der Waals surface area contributed by atoms with Crippen LogP contribution in [0.25, 0.3) is 0 Å². The maximum atomic E-state index is 12.1. The van der Waals surface area contributed by atoms with E-state index in [0.29, 0.717) is 5.69 Å². The van der Waals surface area contributed by atoms with Crippen molar-refractivity contribution in [2.24, 2.45) is 0 Å². The second-order valence-corrected chi connectivity index (χ2v) is 5.84. The van der Waals surface area contributed by atoms with E-state index in [1.807, 2.05) is 18.2 Å². The number of anilines is 1. The average Bonchev–Trinajstić information content (AvgIpc) is 2.39. The summed E-state index contributed by atoms with van der Waals surface area (Å²) in [6, 6.07) is 7.36. The van der Waals surface area contributed by atoms with E-state index >= 15 is 0 Å². The molecule has 1 aromatic heterocycles. The number of carbonyl (C=O) groups excluding carboxylic acids is 1. The monoisotopic (exact) mass is 426 g/mol. The van der Waals surface area contributed by atoms with Crippen LogP contribution in [0.15, 0.2) is 30.5 Å². The minimum absolute atomic E-state index is 0.0377. The van der Waals surface area contributed by atoms with Gasteiger partial charge in [0.05, 0.1) is 20.8 Å². The van der Waals surface area contributed by atoms with Crippen LogP contribution in [0.5, 0.6) is 0 Å². The number of halogens is 4. The Bertz CT molecular complexity index is 649. The van der Waals surface area contributed by atoms with E-state index in [-0.39, 0.29) is 20.8 Å². The summed E-state index contributed by atoms with van der Waals surface area (Å²) in [7, 11) is 0. The van der Waals surface area contributed by atoms with Crippen LogP contribution in [0.1, 0.15) is 10.5 Å². The van der Waals surface area contributed by atoms with Crippen LogP contribution in [0.3, 0.4) is 0 Å². The standard InChI is InChI=1S/C12H6Cl3IN2O/c13-6-5-17-11(10(15)9(6)14)12(19)18-8-4-2-1-3-7(8)16/h1-5H,(H,18,19). The van der Waals surface area contributed by atoms with Crippen LogP contribution in [0.4, 0.5) is 5.69 Å². The highest BCUT2D eigenvalue weighted by Crippen LogP contribution is 2.31. The van der Waals surface area contributed by atoms with Crippen molar-refractivity contribution in [2.45, 2.75) is 0 Å². The van der Waals surface area contributed by atoms with Gasteiger partial charge in [0.2, 0.25) is 0 Å². The molecule has 7 heteroatoms. The second kappa shape index (κ2) is 6.26. The van der Waals surface area contributed by atoms with Crippen molar-refractivity contribution in [1.82, 2.24) is 4.98 Å². The van der Waals surface area contributed by atoms with Gasteiger partial charge in [0.15, 0.2) is 0 Å². The lowest BCUT2D eigenvalue weighted by atomic mass is 10.3. The summed E-state index contributed by atoms with van der Waals surface area (Å²) in [5, 5.41) is 3.08. The molecule has 0 aliphatic carbocycles. The van der Waals surface area contributed by atoms with Gasteiger partial charge in [-0.05, 0) is 34.7 Å². The first-order valence-electron chi connectivity index (χ1n) is 5.06. The van der Waals surface area contributed by atoms with Gasteiger partial charge in [0.1, 0.15) is 5.69 Å². The predicted octanol–water partition coefficient (Wildman–Crippen LogP) is 4.90. The van der Waals surface area contributed by atoms with Gasteiger partial charge < -0.3 is 5.32 Å². The predicted molar refractivity (Wildman–Crippen MR) is 86.4 cm³/mol. The number of carbonyl (C=O) groups is 1. The number of para-hydroxylation sites is 1. The normalized spacial score (nSPS) is 10.3. The van der Waals surface area contributed by atoms with Gasteiger partial charge in [-0.15, -0.1) is 0 Å². The fraction of sp³-hybridized carbons (Fsp3) is 0. The molecule has 1 heterocycles. The summed E-state index contributed by atoms with van der Waals surface area (Å²) in [6.45, 7) is 0. The summed E-state index contributed by atoms with van der Waals surface area (Å²) < 4.78 is 0.907. The zero-order valence-electron chi connectivity index (χ0n) is 9.25. The average molecular weight is 427 g/mol. The van der Waals surface area contributed by atoms with Crippen LogP contribution in [0.2, 0.25) is 15.1 Å². The number of pyridine rings is 1. The number of nitrogens with zero attached hydrogens (tertiary/aromatic N) is 1. The third-order valence-electron chi connectivity index (χ3n) is 2.25. The van der Waals surface area contributed by atoms with E-state index in [4.69, 9.17) is 34.8 Å². The van der Waals surface area contributed by atoms with E-state index < -0.39 is 5.91 Å². The molecule has 0 bridgehead atoms. The minimum Gasteiger partial charge on any atom is -0.320 e. The highest BCUT2D eigenvalue weighted by atomic mass is 127. The molecule has 0 saturated carbocycles. The maximum absolute atomic E-state index is 12.1. The number of nitrogens with one attached hydrogen (secondary N) is 1. The molecular formula is C12H6Cl3IN2O. The number of rotatable bonds is 2. The van der Waals surface area contributed by atoms with E-state index in [1.165, 1.54) is 6.20 Å². The zero-order valence-corrected chi connectivity index (χ0v) is 13.7. The summed E-state index contributed by atoms with van der Waals surface area (Å²) in [5.41, 5.74) is 0.716. The first kappa shape index (κ1) is 14.8. The Hall–Kier alpha value is -0.560.